The number of quaternary nitrogens is 1. The number of ether oxygens (including phenoxy) is 2. The molecule has 2 aromatic carbocycles. The molecule has 0 fully saturated rings. The maximum Gasteiger partial charge on any atom is 0.275 e. The number of carbonyl (C=O) groups is 1. The molecule has 2 atom stereocenters. The molecule has 1 aliphatic heterocycles. The molecule has 2 N–H and O–H groups in total. The largest absolute Gasteiger partial charge is 0.494 e. The predicted octanol–water partition coefficient (Wildman–Crippen LogP) is 2.39. The fourth-order valence-corrected chi connectivity index (χ4v) is 3.58. The van der Waals surface area contributed by atoms with E-state index in [1.165, 1.54) is 0 Å². The molecule has 0 saturated carbocycles. The van der Waals surface area contributed by atoms with Crippen LogP contribution in [-0.4, -0.2) is 32.2 Å². The van der Waals surface area contributed by atoms with E-state index < -0.39 is 0 Å². The fourth-order valence-electron chi connectivity index (χ4n) is 3.45. The van der Waals surface area contributed by atoms with E-state index in [0.717, 1.165) is 51.1 Å². The molecular formula is C22H28ClN2O3+. The van der Waals surface area contributed by atoms with Gasteiger partial charge in [0.1, 0.15) is 24.1 Å². The summed E-state index contributed by atoms with van der Waals surface area (Å²) in [6.45, 7) is 6.19. The highest BCUT2D eigenvalue weighted by atomic mass is 35.5. The molecule has 6 heteroatoms. The molecule has 150 valence electrons. The van der Waals surface area contributed by atoms with Gasteiger partial charge < -0.3 is 19.7 Å². The van der Waals surface area contributed by atoms with Gasteiger partial charge in [0, 0.05) is 34.7 Å². The van der Waals surface area contributed by atoms with E-state index in [1.807, 2.05) is 50.4 Å². The van der Waals surface area contributed by atoms with Gasteiger partial charge in [0.15, 0.2) is 6.54 Å². The molecule has 0 bridgehead atoms. The topological polar surface area (TPSA) is 52.0 Å². The molecule has 1 unspecified atom stereocenters. The SMILES string of the molecule is CCOc1cc2c(cc1CNC(=O)C[NH+](C)Cc1ccc(Cl)cc1)O[C@@H](C)C2. The molecule has 5 nitrogen and oxygen atoms in total. The zero-order valence-electron chi connectivity index (χ0n) is 16.7. The first kappa shape index (κ1) is 20.5. The molecule has 1 heterocycles. The number of hydrogen-bond donors (Lipinski definition) is 2. The van der Waals surface area contributed by atoms with Crippen molar-refractivity contribution >= 4 is 17.5 Å². The van der Waals surface area contributed by atoms with Crippen LogP contribution in [-0.2, 0) is 24.3 Å². The summed E-state index contributed by atoms with van der Waals surface area (Å²) in [5, 5.41) is 3.73. The Morgan fingerprint density at radius 2 is 2.07 bits per heavy atom. The van der Waals surface area contributed by atoms with E-state index in [1.54, 1.807) is 0 Å². The fraction of sp³-hybridized carbons (Fsp3) is 0.409. The molecule has 0 aliphatic carbocycles. The van der Waals surface area contributed by atoms with Gasteiger partial charge >= 0.3 is 0 Å². The Morgan fingerprint density at radius 1 is 1.32 bits per heavy atom. The zero-order chi connectivity index (χ0) is 20.1. The van der Waals surface area contributed by atoms with Crippen LogP contribution >= 0.6 is 11.6 Å². The number of nitrogens with one attached hydrogen (secondary N) is 2. The van der Waals surface area contributed by atoms with Crippen LogP contribution < -0.4 is 19.7 Å². The monoisotopic (exact) mass is 403 g/mol. The molecule has 1 aliphatic rings. The molecule has 0 saturated heterocycles. The summed E-state index contributed by atoms with van der Waals surface area (Å²) in [6, 6.07) is 11.8. The summed E-state index contributed by atoms with van der Waals surface area (Å²) in [5.74, 6) is 1.72. The highest BCUT2D eigenvalue weighted by Crippen LogP contribution is 2.35. The van der Waals surface area contributed by atoms with Crippen molar-refractivity contribution in [3.05, 3.63) is 58.1 Å². The number of benzene rings is 2. The van der Waals surface area contributed by atoms with Crippen molar-refractivity contribution in [2.24, 2.45) is 0 Å². The van der Waals surface area contributed by atoms with Crippen molar-refractivity contribution in [1.29, 1.82) is 0 Å². The van der Waals surface area contributed by atoms with E-state index >= 15 is 0 Å². The minimum atomic E-state index is 0.00342. The van der Waals surface area contributed by atoms with E-state index in [2.05, 4.69) is 12.2 Å². The minimum absolute atomic E-state index is 0.00342. The van der Waals surface area contributed by atoms with Gasteiger partial charge in [-0.2, -0.15) is 0 Å². The summed E-state index contributed by atoms with van der Waals surface area (Å²) in [4.78, 5) is 13.5. The van der Waals surface area contributed by atoms with Crippen LogP contribution in [0.5, 0.6) is 11.5 Å². The third kappa shape index (κ3) is 5.40. The quantitative estimate of drug-likeness (QED) is 0.711. The number of amides is 1. The lowest BCUT2D eigenvalue weighted by molar-refractivity contribution is -0.885. The Morgan fingerprint density at radius 3 is 2.79 bits per heavy atom. The van der Waals surface area contributed by atoms with Gasteiger partial charge in [0.05, 0.1) is 13.7 Å². The number of hydrogen-bond acceptors (Lipinski definition) is 3. The van der Waals surface area contributed by atoms with Gasteiger partial charge in [-0.1, -0.05) is 23.7 Å². The maximum absolute atomic E-state index is 12.4. The van der Waals surface area contributed by atoms with E-state index in [9.17, 15) is 4.79 Å². The first-order chi connectivity index (χ1) is 13.4. The molecule has 0 radical (unpaired) electrons. The van der Waals surface area contributed by atoms with Crippen LogP contribution in [0.1, 0.15) is 30.5 Å². The van der Waals surface area contributed by atoms with Crippen molar-refractivity contribution in [1.82, 2.24) is 5.32 Å². The lowest BCUT2D eigenvalue weighted by atomic mass is 10.1. The lowest BCUT2D eigenvalue weighted by Crippen LogP contribution is -3.08. The second-order valence-electron chi connectivity index (χ2n) is 7.35. The molecule has 3 rings (SSSR count). The van der Waals surface area contributed by atoms with Crippen molar-refractivity contribution in [2.75, 3.05) is 20.2 Å². The van der Waals surface area contributed by atoms with Crippen LogP contribution in [0.2, 0.25) is 5.02 Å². The molecule has 0 spiro atoms. The Labute approximate surface area is 171 Å². The van der Waals surface area contributed by atoms with Crippen molar-refractivity contribution in [3.63, 3.8) is 0 Å². The van der Waals surface area contributed by atoms with Gasteiger partial charge in [0.25, 0.3) is 5.91 Å². The second kappa shape index (κ2) is 9.30. The Kier molecular flexibility index (Phi) is 6.81. The number of carbonyl (C=O) groups excluding carboxylic acids is 1. The van der Waals surface area contributed by atoms with Crippen molar-refractivity contribution < 1.29 is 19.2 Å². The molecule has 2 aromatic rings. The summed E-state index contributed by atoms with van der Waals surface area (Å²) in [6.07, 6.45) is 1.07. The third-order valence-electron chi connectivity index (χ3n) is 4.74. The minimum Gasteiger partial charge on any atom is -0.494 e. The predicted molar refractivity (Wildman–Crippen MR) is 110 cm³/mol. The third-order valence-corrected chi connectivity index (χ3v) is 4.99. The molecule has 0 aromatic heterocycles. The number of likely N-dealkylation sites (N-methyl/N-ethyl adjacent to an activating group) is 1. The smallest absolute Gasteiger partial charge is 0.275 e. The molecule has 1 amide bonds. The van der Waals surface area contributed by atoms with Crippen molar-refractivity contribution in [2.45, 2.75) is 39.5 Å². The summed E-state index contributed by atoms with van der Waals surface area (Å²) >= 11 is 5.92. The van der Waals surface area contributed by atoms with Crippen LogP contribution in [0.3, 0.4) is 0 Å². The standard InChI is InChI=1S/C22H27ClN2O3/c1-4-27-20-10-17-9-15(2)28-21(17)11-18(20)12-24-22(26)14-25(3)13-16-5-7-19(23)8-6-16/h5-8,10-11,15H,4,9,12-14H2,1-3H3,(H,24,26)/p+1/t15-/m0/s1. The van der Waals surface area contributed by atoms with Crippen LogP contribution in [0.25, 0.3) is 0 Å². The molecular weight excluding hydrogens is 376 g/mol. The second-order valence-corrected chi connectivity index (χ2v) is 7.78. The normalized spacial score (nSPS) is 16.2. The van der Waals surface area contributed by atoms with E-state index in [-0.39, 0.29) is 12.0 Å². The maximum atomic E-state index is 12.4. The number of fused-ring (bicyclic) bond motifs is 1. The first-order valence-electron chi connectivity index (χ1n) is 9.72. The highest BCUT2D eigenvalue weighted by Gasteiger charge is 2.22. The molecule has 28 heavy (non-hydrogen) atoms. The summed E-state index contributed by atoms with van der Waals surface area (Å²) in [5.41, 5.74) is 3.26. The lowest BCUT2D eigenvalue weighted by Gasteiger charge is -2.16. The Hall–Kier alpha value is -2.24. The van der Waals surface area contributed by atoms with Gasteiger partial charge in [-0.05, 0) is 38.1 Å². The summed E-state index contributed by atoms with van der Waals surface area (Å²) < 4.78 is 11.6. The average molecular weight is 404 g/mol. The van der Waals surface area contributed by atoms with Gasteiger partial charge in [-0.15, -0.1) is 0 Å². The van der Waals surface area contributed by atoms with Gasteiger partial charge in [-0.25, -0.2) is 0 Å². The number of rotatable bonds is 8. The number of halogens is 1. The first-order valence-corrected chi connectivity index (χ1v) is 10.1. The van der Waals surface area contributed by atoms with Gasteiger partial charge in [-0.3, -0.25) is 4.79 Å². The average Bonchev–Trinajstić information content (AvgIpc) is 3.00. The zero-order valence-corrected chi connectivity index (χ0v) is 17.4. The van der Waals surface area contributed by atoms with Gasteiger partial charge in [0.2, 0.25) is 0 Å². The van der Waals surface area contributed by atoms with Crippen LogP contribution in [0.4, 0.5) is 0 Å². The van der Waals surface area contributed by atoms with Crippen molar-refractivity contribution in [3.8, 4) is 11.5 Å². The van der Waals surface area contributed by atoms with Crippen LogP contribution in [0.15, 0.2) is 36.4 Å². The summed E-state index contributed by atoms with van der Waals surface area (Å²) in [7, 11) is 2.00. The van der Waals surface area contributed by atoms with Crippen LogP contribution in [0, 0.1) is 0 Å². The Bertz CT molecular complexity index is 823. The van der Waals surface area contributed by atoms with E-state index in [0.29, 0.717) is 19.7 Å². The Balaban J connectivity index is 1.56. The highest BCUT2D eigenvalue weighted by molar-refractivity contribution is 6.30. The van der Waals surface area contributed by atoms with E-state index in [4.69, 9.17) is 21.1 Å².